The minimum atomic E-state index is -3.94. The minimum Gasteiger partial charge on any atom is -0.493 e. The molecule has 0 aliphatic heterocycles. The van der Waals surface area contributed by atoms with Gasteiger partial charge in [0.25, 0.3) is 0 Å². The van der Waals surface area contributed by atoms with Gasteiger partial charge in [0.2, 0.25) is 19.9 Å². The summed E-state index contributed by atoms with van der Waals surface area (Å²) in [7, 11) is -6.23. The monoisotopic (exact) mass is 503 g/mol. The van der Waals surface area contributed by atoms with Crippen molar-refractivity contribution in [1.82, 2.24) is 4.72 Å². The largest absolute Gasteiger partial charge is 0.493 e. The quantitative estimate of drug-likeness (QED) is 0.425. The number of benzene rings is 3. The molecule has 1 N–H and O–H groups in total. The highest BCUT2D eigenvalue weighted by Crippen LogP contribution is 2.29. The van der Waals surface area contributed by atoms with Crippen LogP contribution in [0.3, 0.4) is 0 Å². The fourth-order valence-corrected chi connectivity index (χ4v) is 6.28. The van der Waals surface area contributed by atoms with Crippen LogP contribution in [0.4, 0.5) is 0 Å². The highest BCUT2D eigenvalue weighted by molar-refractivity contribution is 7.91. The standard InChI is InChI=1S/C25H29NO6S2/c1-4-20-12-13-22(33(27,28)21-9-7-6-8-10-21)18-25(20)34(29,30)26-16-15-19-11-14-23(31-3)24(17-19)32-5-2/h6-14,17-18,26H,4-5,15-16H2,1-3H3. The van der Waals surface area contributed by atoms with Crippen LogP contribution in [0.25, 0.3) is 0 Å². The second kappa shape index (κ2) is 11.0. The van der Waals surface area contributed by atoms with Gasteiger partial charge in [-0.25, -0.2) is 21.6 Å². The molecule has 0 saturated heterocycles. The van der Waals surface area contributed by atoms with Gasteiger partial charge in [-0.15, -0.1) is 0 Å². The van der Waals surface area contributed by atoms with Crippen LogP contribution in [0.1, 0.15) is 25.0 Å². The first-order valence-corrected chi connectivity index (χ1v) is 13.9. The van der Waals surface area contributed by atoms with Crippen molar-refractivity contribution in [2.75, 3.05) is 20.3 Å². The summed E-state index contributed by atoms with van der Waals surface area (Å²) in [4.78, 5) is 0.0182. The number of methoxy groups -OCH3 is 1. The van der Waals surface area contributed by atoms with Gasteiger partial charge in [-0.1, -0.05) is 37.3 Å². The first-order chi connectivity index (χ1) is 16.2. The zero-order chi connectivity index (χ0) is 24.8. The summed E-state index contributed by atoms with van der Waals surface area (Å²) in [5.74, 6) is 1.20. The molecular formula is C25H29NO6S2. The van der Waals surface area contributed by atoms with Gasteiger partial charge in [-0.05, 0) is 67.3 Å². The molecule has 0 radical (unpaired) electrons. The van der Waals surface area contributed by atoms with Crippen LogP contribution < -0.4 is 14.2 Å². The Kier molecular flexibility index (Phi) is 8.35. The molecule has 0 unspecified atom stereocenters. The van der Waals surface area contributed by atoms with E-state index in [-0.39, 0.29) is 21.2 Å². The molecule has 0 bridgehead atoms. The van der Waals surface area contributed by atoms with Crippen molar-refractivity contribution in [3.63, 3.8) is 0 Å². The number of sulfonamides is 1. The van der Waals surface area contributed by atoms with E-state index in [4.69, 9.17) is 9.47 Å². The summed E-state index contributed by atoms with van der Waals surface area (Å²) in [5, 5.41) is 0. The molecule has 3 rings (SSSR count). The Labute approximate surface area is 201 Å². The summed E-state index contributed by atoms with van der Waals surface area (Å²) in [6.07, 6.45) is 0.866. The smallest absolute Gasteiger partial charge is 0.240 e. The highest BCUT2D eigenvalue weighted by atomic mass is 32.2. The van der Waals surface area contributed by atoms with Crippen LogP contribution in [0.2, 0.25) is 0 Å². The molecule has 0 spiro atoms. The Morgan fingerprint density at radius 1 is 0.824 bits per heavy atom. The molecule has 3 aromatic rings. The summed E-state index contributed by atoms with van der Waals surface area (Å²) in [6, 6.07) is 17.6. The molecule has 9 heteroatoms. The van der Waals surface area contributed by atoms with Gasteiger partial charge >= 0.3 is 0 Å². The van der Waals surface area contributed by atoms with Gasteiger partial charge in [0.15, 0.2) is 11.5 Å². The lowest BCUT2D eigenvalue weighted by atomic mass is 10.1. The topological polar surface area (TPSA) is 98.8 Å². The van der Waals surface area contributed by atoms with E-state index in [0.717, 1.165) is 5.56 Å². The Morgan fingerprint density at radius 2 is 1.56 bits per heavy atom. The number of sulfone groups is 1. The number of rotatable bonds is 11. The number of hydrogen-bond acceptors (Lipinski definition) is 6. The molecular weight excluding hydrogens is 474 g/mol. The van der Waals surface area contributed by atoms with Crippen LogP contribution in [-0.2, 0) is 32.7 Å². The van der Waals surface area contributed by atoms with Crippen molar-refractivity contribution in [2.24, 2.45) is 0 Å². The highest BCUT2D eigenvalue weighted by Gasteiger charge is 2.23. The predicted molar refractivity (Wildman–Crippen MR) is 131 cm³/mol. The van der Waals surface area contributed by atoms with E-state index < -0.39 is 19.9 Å². The third-order valence-electron chi connectivity index (χ3n) is 5.31. The number of nitrogens with one attached hydrogen (secondary N) is 1. The van der Waals surface area contributed by atoms with Crippen LogP contribution in [0.15, 0.2) is 81.4 Å². The van der Waals surface area contributed by atoms with E-state index in [1.54, 1.807) is 37.4 Å². The zero-order valence-electron chi connectivity index (χ0n) is 19.4. The zero-order valence-corrected chi connectivity index (χ0v) is 21.1. The van der Waals surface area contributed by atoms with Crippen LogP contribution in [0, 0.1) is 0 Å². The average molecular weight is 504 g/mol. The fourth-order valence-electron chi connectivity index (χ4n) is 3.53. The molecule has 0 aliphatic carbocycles. The maximum absolute atomic E-state index is 13.1. The van der Waals surface area contributed by atoms with E-state index in [1.165, 1.54) is 24.3 Å². The first-order valence-electron chi connectivity index (χ1n) is 10.9. The van der Waals surface area contributed by atoms with Crippen molar-refractivity contribution in [1.29, 1.82) is 0 Å². The molecule has 34 heavy (non-hydrogen) atoms. The van der Waals surface area contributed by atoms with Crippen molar-refractivity contribution in [3.8, 4) is 11.5 Å². The van der Waals surface area contributed by atoms with Crippen molar-refractivity contribution < 1.29 is 26.3 Å². The van der Waals surface area contributed by atoms with E-state index in [1.807, 2.05) is 26.0 Å². The van der Waals surface area contributed by atoms with E-state index in [0.29, 0.717) is 36.5 Å². The van der Waals surface area contributed by atoms with E-state index in [2.05, 4.69) is 4.72 Å². The van der Waals surface area contributed by atoms with Gasteiger partial charge in [0.1, 0.15) is 0 Å². The normalized spacial score (nSPS) is 11.9. The Balaban J connectivity index is 1.83. The molecule has 7 nitrogen and oxygen atoms in total. The third kappa shape index (κ3) is 5.78. The summed E-state index contributed by atoms with van der Waals surface area (Å²) in [5.41, 5.74) is 1.42. The molecule has 0 heterocycles. The lowest BCUT2D eigenvalue weighted by molar-refractivity contribution is 0.310. The summed E-state index contributed by atoms with van der Waals surface area (Å²) in [6.45, 7) is 4.32. The van der Waals surface area contributed by atoms with Crippen LogP contribution in [-0.4, -0.2) is 37.1 Å². The van der Waals surface area contributed by atoms with Gasteiger partial charge in [-0.2, -0.15) is 0 Å². The van der Waals surface area contributed by atoms with Crippen molar-refractivity contribution in [3.05, 3.63) is 77.9 Å². The molecule has 0 aromatic heterocycles. The minimum absolute atomic E-state index is 0.0308. The summed E-state index contributed by atoms with van der Waals surface area (Å²) < 4.78 is 65.8. The summed E-state index contributed by atoms with van der Waals surface area (Å²) >= 11 is 0. The molecule has 0 atom stereocenters. The van der Waals surface area contributed by atoms with Gasteiger partial charge in [-0.3, -0.25) is 0 Å². The Bertz CT molecular complexity index is 1340. The molecule has 0 aliphatic rings. The lowest BCUT2D eigenvalue weighted by Crippen LogP contribution is -2.27. The Hall–Kier alpha value is -2.88. The number of hydrogen-bond donors (Lipinski definition) is 1. The molecule has 0 amide bonds. The van der Waals surface area contributed by atoms with Crippen LogP contribution in [0.5, 0.6) is 11.5 Å². The Morgan fingerprint density at radius 3 is 2.21 bits per heavy atom. The van der Waals surface area contributed by atoms with E-state index in [9.17, 15) is 16.8 Å². The van der Waals surface area contributed by atoms with Gasteiger partial charge in [0.05, 0.1) is 28.4 Å². The van der Waals surface area contributed by atoms with Crippen molar-refractivity contribution in [2.45, 2.75) is 41.4 Å². The SMILES string of the molecule is CCOc1cc(CCNS(=O)(=O)c2cc(S(=O)(=O)c3ccccc3)ccc2CC)ccc1OC. The predicted octanol–water partition coefficient (Wildman–Crippen LogP) is 4.01. The molecule has 0 fully saturated rings. The maximum atomic E-state index is 13.1. The van der Waals surface area contributed by atoms with Gasteiger partial charge < -0.3 is 9.47 Å². The lowest BCUT2D eigenvalue weighted by Gasteiger charge is -2.14. The molecule has 0 saturated carbocycles. The second-order valence-electron chi connectivity index (χ2n) is 7.51. The maximum Gasteiger partial charge on any atom is 0.240 e. The van der Waals surface area contributed by atoms with Crippen molar-refractivity contribution >= 4 is 19.9 Å². The van der Waals surface area contributed by atoms with E-state index >= 15 is 0 Å². The molecule has 3 aromatic carbocycles. The third-order valence-corrected chi connectivity index (χ3v) is 8.62. The molecule has 182 valence electrons. The van der Waals surface area contributed by atoms with Crippen LogP contribution >= 0.6 is 0 Å². The van der Waals surface area contributed by atoms with Gasteiger partial charge in [0, 0.05) is 6.54 Å². The fraction of sp³-hybridized carbons (Fsp3) is 0.280. The number of ether oxygens (including phenoxy) is 2. The first kappa shape index (κ1) is 25.7. The average Bonchev–Trinajstić information content (AvgIpc) is 2.84. The second-order valence-corrected chi connectivity index (χ2v) is 11.2. The number of aryl methyl sites for hydroxylation is 1.